The van der Waals surface area contributed by atoms with Crippen LogP contribution in [0.5, 0.6) is 0 Å². The van der Waals surface area contributed by atoms with E-state index in [2.05, 4.69) is 20.3 Å². The van der Waals surface area contributed by atoms with Crippen molar-refractivity contribution in [3.8, 4) is 0 Å². The second-order valence-electron chi connectivity index (χ2n) is 2.72. The molecule has 0 saturated carbocycles. The van der Waals surface area contributed by atoms with Crippen molar-refractivity contribution < 1.29 is 8.42 Å². The molecule has 78 valence electrons. The molecule has 0 spiro atoms. The van der Waals surface area contributed by atoms with E-state index in [0.717, 1.165) is 6.26 Å². The lowest BCUT2D eigenvalue weighted by Gasteiger charge is -2.02. The molecule has 0 radical (unpaired) electrons. The zero-order valence-electron chi connectivity index (χ0n) is 7.64. The number of nitrogens with one attached hydrogen (secondary N) is 1. The molecule has 1 aromatic rings. The van der Waals surface area contributed by atoms with Gasteiger partial charge in [-0.3, -0.25) is 0 Å². The molecule has 1 heterocycles. The lowest BCUT2D eigenvalue weighted by molar-refractivity contribution is 0.602. The number of anilines is 2. The number of rotatable bonds is 4. The van der Waals surface area contributed by atoms with E-state index >= 15 is 0 Å². The van der Waals surface area contributed by atoms with Gasteiger partial charge >= 0.3 is 0 Å². The Morgan fingerprint density at radius 1 is 1.50 bits per heavy atom. The van der Waals surface area contributed by atoms with Crippen LogP contribution in [0.3, 0.4) is 0 Å². The summed E-state index contributed by atoms with van der Waals surface area (Å²) < 4.78 is 21.5. The third kappa shape index (κ3) is 3.99. The molecule has 8 heteroatoms. The molecule has 0 saturated heterocycles. The molecule has 14 heavy (non-hydrogen) atoms. The summed E-state index contributed by atoms with van der Waals surface area (Å²) >= 11 is 0. The van der Waals surface area contributed by atoms with Crippen molar-refractivity contribution >= 4 is 21.7 Å². The van der Waals surface area contributed by atoms with Gasteiger partial charge in [0.1, 0.15) is 16.2 Å². The van der Waals surface area contributed by atoms with Crippen molar-refractivity contribution in [2.75, 3.05) is 29.6 Å². The van der Waals surface area contributed by atoms with Crippen LogP contribution in [-0.4, -0.2) is 41.9 Å². The van der Waals surface area contributed by atoms with Gasteiger partial charge < -0.3 is 11.1 Å². The maximum absolute atomic E-state index is 10.8. The first-order chi connectivity index (χ1) is 6.47. The Morgan fingerprint density at radius 3 is 2.79 bits per heavy atom. The highest BCUT2D eigenvalue weighted by Crippen LogP contribution is 1.96. The predicted octanol–water partition coefficient (Wildman–Crippen LogP) is -1.09. The molecule has 0 bridgehead atoms. The van der Waals surface area contributed by atoms with Crippen LogP contribution in [0.25, 0.3) is 0 Å². The summed E-state index contributed by atoms with van der Waals surface area (Å²) in [7, 11) is -2.97. The number of aromatic nitrogens is 3. The molecule has 0 unspecified atom stereocenters. The Bertz CT molecular complexity index is 404. The third-order valence-electron chi connectivity index (χ3n) is 1.35. The van der Waals surface area contributed by atoms with Crippen molar-refractivity contribution in [2.45, 2.75) is 0 Å². The summed E-state index contributed by atoms with van der Waals surface area (Å²) in [5.41, 5.74) is 5.30. The van der Waals surface area contributed by atoms with Crippen molar-refractivity contribution in [2.24, 2.45) is 0 Å². The second kappa shape index (κ2) is 4.18. The fourth-order valence-electron chi connectivity index (χ4n) is 0.742. The van der Waals surface area contributed by atoms with Gasteiger partial charge in [-0.2, -0.15) is 4.98 Å². The number of sulfone groups is 1. The van der Waals surface area contributed by atoms with Crippen molar-refractivity contribution in [3.63, 3.8) is 0 Å². The van der Waals surface area contributed by atoms with E-state index in [1.165, 1.54) is 6.33 Å². The molecule has 0 aromatic carbocycles. The van der Waals surface area contributed by atoms with Gasteiger partial charge in [-0.15, -0.1) is 0 Å². The lowest BCUT2D eigenvalue weighted by atomic mass is 10.7. The first kappa shape index (κ1) is 10.6. The van der Waals surface area contributed by atoms with E-state index in [4.69, 9.17) is 5.73 Å². The van der Waals surface area contributed by atoms with Crippen molar-refractivity contribution in [3.05, 3.63) is 6.33 Å². The molecule has 1 aromatic heterocycles. The second-order valence-corrected chi connectivity index (χ2v) is 4.98. The van der Waals surface area contributed by atoms with Gasteiger partial charge in [-0.25, -0.2) is 18.4 Å². The maximum Gasteiger partial charge on any atom is 0.227 e. The van der Waals surface area contributed by atoms with E-state index in [1.54, 1.807) is 0 Å². The fourth-order valence-corrected chi connectivity index (χ4v) is 1.22. The standard InChI is InChI=1S/C6H11N5O2S/c1-14(12,13)3-2-8-6-10-4-9-5(7)11-6/h4H,2-3H2,1H3,(H3,7,8,9,10,11). The Kier molecular flexibility index (Phi) is 3.18. The molecule has 0 atom stereocenters. The average Bonchev–Trinajstić information content (AvgIpc) is 2.01. The number of nitrogens with zero attached hydrogens (tertiary/aromatic N) is 3. The smallest absolute Gasteiger partial charge is 0.227 e. The predicted molar refractivity (Wildman–Crippen MR) is 52.4 cm³/mol. The molecular formula is C6H11N5O2S. The van der Waals surface area contributed by atoms with Gasteiger partial charge in [0.25, 0.3) is 0 Å². The summed E-state index contributed by atoms with van der Waals surface area (Å²) in [5.74, 6) is 0.404. The Labute approximate surface area is 81.7 Å². The van der Waals surface area contributed by atoms with Gasteiger partial charge in [-0.1, -0.05) is 0 Å². The van der Waals surface area contributed by atoms with Crippen LogP contribution >= 0.6 is 0 Å². The molecule has 0 fully saturated rings. The summed E-state index contributed by atoms with van der Waals surface area (Å²) in [6.45, 7) is 0.252. The summed E-state index contributed by atoms with van der Waals surface area (Å²) in [5, 5.41) is 2.72. The normalized spacial score (nSPS) is 11.2. The molecule has 3 N–H and O–H groups in total. The van der Waals surface area contributed by atoms with Crippen LogP contribution < -0.4 is 11.1 Å². The number of hydrogen-bond acceptors (Lipinski definition) is 7. The zero-order valence-corrected chi connectivity index (χ0v) is 8.45. The highest BCUT2D eigenvalue weighted by atomic mass is 32.2. The summed E-state index contributed by atoms with van der Waals surface area (Å²) in [6.07, 6.45) is 2.42. The van der Waals surface area contributed by atoms with Crippen LogP contribution in [0.15, 0.2) is 6.33 Å². The van der Waals surface area contributed by atoms with E-state index in [0.29, 0.717) is 0 Å². The molecule has 7 nitrogen and oxygen atoms in total. The number of nitrogen functional groups attached to an aromatic ring is 1. The minimum atomic E-state index is -2.97. The molecule has 0 aliphatic heterocycles. The SMILES string of the molecule is CS(=O)(=O)CCNc1ncnc(N)n1. The fraction of sp³-hybridized carbons (Fsp3) is 0.500. The Morgan fingerprint density at radius 2 is 2.21 bits per heavy atom. The quantitative estimate of drug-likeness (QED) is 0.659. The molecule has 0 aliphatic rings. The van der Waals surface area contributed by atoms with Crippen molar-refractivity contribution in [1.82, 2.24) is 15.0 Å². The number of nitrogens with two attached hydrogens (primary N) is 1. The van der Waals surface area contributed by atoms with Gasteiger partial charge in [0.15, 0.2) is 0 Å². The summed E-state index contributed by atoms with van der Waals surface area (Å²) in [6, 6.07) is 0. The minimum Gasteiger partial charge on any atom is -0.368 e. The van der Waals surface area contributed by atoms with Crippen LogP contribution in [0.1, 0.15) is 0 Å². The van der Waals surface area contributed by atoms with E-state index in [1.807, 2.05) is 0 Å². The minimum absolute atomic E-state index is 0.0264. The van der Waals surface area contributed by atoms with Gasteiger partial charge in [0.2, 0.25) is 11.9 Å². The van der Waals surface area contributed by atoms with Crippen LogP contribution in [0.4, 0.5) is 11.9 Å². The Balaban J connectivity index is 2.47. The summed E-state index contributed by atoms with van der Waals surface area (Å²) in [4.78, 5) is 11.1. The topological polar surface area (TPSA) is 111 Å². The first-order valence-corrected chi connectivity index (χ1v) is 5.89. The third-order valence-corrected chi connectivity index (χ3v) is 2.29. The largest absolute Gasteiger partial charge is 0.368 e. The van der Waals surface area contributed by atoms with E-state index < -0.39 is 9.84 Å². The lowest BCUT2D eigenvalue weighted by Crippen LogP contribution is -2.16. The van der Waals surface area contributed by atoms with Crippen LogP contribution in [0, 0.1) is 0 Å². The van der Waals surface area contributed by atoms with Gasteiger partial charge in [-0.05, 0) is 0 Å². The highest BCUT2D eigenvalue weighted by Gasteiger charge is 2.02. The maximum atomic E-state index is 10.8. The zero-order chi connectivity index (χ0) is 10.6. The molecule has 1 rings (SSSR count). The number of hydrogen-bond donors (Lipinski definition) is 2. The van der Waals surface area contributed by atoms with Crippen LogP contribution in [0.2, 0.25) is 0 Å². The monoisotopic (exact) mass is 217 g/mol. The van der Waals surface area contributed by atoms with Crippen LogP contribution in [-0.2, 0) is 9.84 Å². The molecule has 0 amide bonds. The highest BCUT2D eigenvalue weighted by molar-refractivity contribution is 7.90. The first-order valence-electron chi connectivity index (χ1n) is 3.83. The molecule has 0 aliphatic carbocycles. The molecular weight excluding hydrogens is 206 g/mol. The van der Waals surface area contributed by atoms with Gasteiger partial charge in [0, 0.05) is 12.8 Å². The van der Waals surface area contributed by atoms with Crippen molar-refractivity contribution in [1.29, 1.82) is 0 Å². The average molecular weight is 217 g/mol. The Hall–Kier alpha value is -1.44. The van der Waals surface area contributed by atoms with Gasteiger partial charge in [0.05, 0.1) is 5.75 Å². The van der Waals surface area contributed by atoms with E-state index in [9.17, 15) is 8.42 Å². The van der Waals surface area contributed by atoms with E-state index in [-0.39, 0.29) is 24.2 Å².